The van der Waals surface area contributed by atoms with Crippen LogP contribution in [-0.4, -0.2) is 0 Å². The zero-order valence-electron chi connectivity index (χ0n) is 30.0. The number of hydrogen-bond acceptors (Lipinski definition) is 0. The number of benzene rings is 9. The summed E-state index contributed by atoms with van der Waals surface area (Å²) in [7, 11) is 0. The molecule has 0 saturated carbocycles. The Balaban J connectivity index is 1.30. The van der Waals surface area contributed by atoms with E-state index in [2.05, 4.69) is 201 Å². The van der Waals surface area contributed by atoms with E-state index in [4.69, 9.17) is 0 Å². The zero-order valence-corrected chi connectivity index (χ0v) is 30.0. The molecule has 0 unspecified atom stereocenters. The Morgan fingerprint density at radius 3 is 1.44 bits per heavy atom. The van der Waals surface area contributed by atoms with Gasteiger partial charge >= 0.3 is 0 Å². The van der Waals surface area contributed by atoms with Crippen LogP contribution in [0, 0.1) is 0 Å². The number of fused-ring (bicyclic) bond motifs is 3. The van der Waals surface area contributed by atoms with Gasteiger partial charge in [0.25, 0.3) is 0 Å². The van der Waals surface area contributed by atoms with Crippen molar-refractivity contribution >= 4 is 37.9 Å². The SMILES string of the molecule is C=C/C=C\C(=C)c1ccc(-c2ccccc2-c2ccc(-c3ccccc3)c3ccc(-c4c5ccccc5c(-c5ccccc5)c5ccccc45)cc23)cc1. The lowest BCUT2D eigenvalue weighted by Crippen LogP contribution is -1.93. The molecule has 254 valence electrons. The molecule has 9 rings (SSSR count). The van der Waals surface area contributed by atoms with E-state index in [-0.39, 0.29) is 0 Å². The number of rotatable bonds is 8. The summed E-state index contributed by atoms with van der Waals surface area (Å²) in [4.78, 5) is 0. The molecular weight excluding hydrogens is 649 g/mol. The first kappa shape index (κ1) is 32.9. The van der Waals surface area contributed by atoms with Crippen molar-refractivity contribution in [1.82, 2.24) is 0 Å². The van der Waals surface area contributed by atoms with Gasteiger partial charge in [0.15, 0.2) is 0 Å². The highest BCUT2D eigenvalue weighted by atomic mass is 14.2. The van der Waals surface area contributed by atoms with Crippen molar-refractivity contribution in [3.8, 4) is 55.6 Å². The third kappa shape index (κ3) is 5.85. The largest absolute Gasteiger partial charge is 0.0991 e. The second kappa shape index (κ2) is 14.2. The smallest absolute Gasteiger partial charge is 0.00261 e. The Hall–Kier alpha value is -7.02. The van der Waals surface area contributed by atoms with E-state index in [0.717, 1.165) is 11.1 Å². The van der Waals surface area contributed by atoms with E-state index in [9.17, 15) is 0 Å². The second-order valence-electron chi connectivity index (χ2n) is 13.7. The molecule has 0 heteroatoms. The highest BCUT2D eigenvalue weighted by Gasteiger charge is 2.19. The van der Waals surface area contributed by atoms with Crippen LogP contribution in [0.25, 0.3) is 93.5 Å². The van der Waals surface area contributed by atoms with Gasteiger partial charge in [-0.25, -0.2) is 0 Å². The second-order valence-corrected chi connectivity index (χ2v) is 13.7. The van der Waals surface area contributed by atoms with E-state index >= 15 is 0 Å². The summed E-state index contributed by atoms with van der Waals surface area (Å²) in [6, 6.07) is 68.6. The lowest BCUT2D eigenvalue weighted by molar-refractivity contribution is 1.57. The van der Waals surface area contributed by atoms with Crippen LogP contribution < -0.4 is 0 Å². The highest BCUT2D eigenvalue weighted by molar-refractivity contribution is 6.22. The summed E-state index contributed by atoms with van der Waals surface area (Å²) in [6.45, 7) is 8.05. The summed E-state index contributed by atoms with van der Waals surface area (Å²) in [5, 5.41) is 7.47. The lowest BCUT2D eigenvalue weighted by atomic mass is 9.84. The van der Waals surface area contributed by atoms with Gasteiger partial charge in [-0.05, 0) is 105 Å². The van der Waals surface area contributed by atoms with Gasteiger partial charge in [0.05, 0.1) is 0 Å². The Labute approximate surface area is 317 Å². The topological polar surface area (TPSA) is 0 Å². The summed E-state index contributed by atoms with van der Waals surface area (Å²) in [6.07, 6.45) is 5.70. The first-order valence-electron chi connectivity index (χ1n) is 18.5. The zero-order chi connectivity index (χ0) is 36.4. The van der Waals surface area contributed by atoms with Crippen molar-refractivity contribution in [2.75, 3.05) is 0 Å². The summed E-state index contributed by atoms with van der Waals surface area (Å²) in [5.41, 5.74) is 14.2. The Morgan fingerprint density at radius 2 is 0.833 bits per heavy atom. The first-order chi connectivity index (χ1) is 26.7. The van der Waals surface area contributed by atoms with Crippen molar-refractivity contribution in [2.24, 2.45) is 0 Å². The van der Waals surface area contributed by atoms with Crippen LogP contribution in [0.15, 0.2) is 219 Å². The molecule has 0 heterocycles. The standard InChI is InChI=1S/C54H38/c1-3-4-17-37(2)38-28-30-40(31-29-38)43-22-11-12-23-45(43)47-35-34-44(39-18-7-5-8-19-39)46-33-32-42(36-52(46)47)54-50-26-15-13-24-48(50)53(41-20-9-6-10-21-41)49-25-14-16-27-51(49)54/h3-36H,1-2H2/b17-4-. The van der Waals surface area contributed by atoms with Gasteiger partial charge in [-0.2, -0.15) is 0 Å². The van der Waals surface area contributed by atoms with Gasteiger partial charge in [-0.15, -0.1) is 0 Å². The fraction of sp³-hybridized carbons (Fsp3) is 0. The number of allylic oxidation sites excluding steroid dienone is 4. The van der Waals surface area contributed by atoms with E-state index in [0.29, 0.717) is 0 Å². The Morgan fingerprint density at radius 1 is 0.352 bits per heavy atom. The normalized spacial score (nSPS) is 11.4. The third-order valence-corrected chi connectivity index (χ3v) is 10.6. The van der Waals surface area contributed by atoms with Gasteiger partial charge in [0.2, 0.25) is 0 Å². The molecule has 9 aromatic carbocycles. The summed E-state index contributed by atoms with van der Waals surface area (Å²) >= 11 is 0. The molecule has 0 aliphatic rings. The number of hydrogen-bond donors (Lipinski definition) is 0. The van der Waals surface area contributed by atoms with Crippen LogP contribution in [0.3, 0.4) is 0 Å². The average Bonchev–Trinajstić information content (AvgIpc) is 3.24. The molecule has 54 heavy (non-hydrogen) atoms. The van der Waals surface area contributed by atoms with E-state index in [1.807, 2.05) is 12.2 Å². The minimum absolute atomic E-state index is 0.960. The highest BCUT2D eigenvalue weighted by Crippen LogP contribution is 2.46. The lowest BCUT2D eigenvalue weighted by Gasteiger charge is -2.19. The molecule has 0 bridgehead atoms. The maximum absolute atomic E-state index is 4.25. The maximum Gasteiger partial charge on any atom is -0.00261 e. The van der Waals surface area contributed by atoms with Gasteiger partial charge in [0, 0.05) is 0 Å². The maximum atomic E-state index is 4.25. The fourth-order valence-corrected chi connectivity index (χ4v) is 8.08. The van der Waals surface area contributed by atoms with Gasteiger partial charge in [-0.3, -0.25) is 0 Å². The van der Waals surface area contributed by atoms with Crippen molar-refractivity contribution in [2.45, 2.75) is 0 Å². The van der Waals surface area contributed by atoms with Gasteiger partial charge in [0.1, 0.15) is 0 Å². The Bertz CT molecular complexity index is 2820. The molecule has 0 amide bonds. The van der Waals surface area contributed by atoms with Crippen molar-refractivity contribution in [3.05, 3.63) is 225 Å². The van der Waals surface area contributed by atoms with E-state index < -0.39 is 0 Å². The average molecular weight is 687 g/mol. The van der Waals surface area contributed by atoms with E-state index in [1.165, 1.54) is 88.0 Å². The monoisotopic (exact) mass is 686 g/mol. The summed E-state index contributed by atoms with van der Waals surface area (Å²) < 4.78 is 0. The van der Waals surface area contributed by atoms with Crippen molar-refractivity contribution in [1.29, 1.82) is 0 Å². The molecule has 0 aromatic heterocycles. The van der Waals surface area contributed by atoms with Crippen molar-refractivity contribution in [3.63, 3.8) is 0 Å². The molecular formula is C54H38. The van der Waals surface area contributed by atoms with Crippen LogP contribution in [0.1, 0.15) is 5.56 Å². The molecule has 0 atom stereocenters. The fourth-order valence-electron chi connectivity index (χ4n) is 8.08. The molecule has 0 N–H and O–H groups in total. The van der Waals surface area contributed by atoms with Gasteiger partial charge < -0.3 is 0 Å². The first-order valence-corrected chi connectivity index (χ1v) is 18.5. The predicted octanol–water partition coefficient (Wildman–Crippen LogP) is 15.2. The van der Waals surface area contributed by atoms with Crippen LogP contribution in [0.5, 0.6) is 0 Å². The van der Waals surface area contributed by atoms with Crippen LogP contribution in [-0.2, 0) is 0 Å². The van der Waals surface area contributed by atoms with Gasteiger partial charge in [-0.1, -0.05) is 213 Å². The van der Waals surface area contributed by atoms with Crippen LogP contribution in [0.2, 0.25) is 0 Å². The van der Waals surface area contributed by atoms with E-state index in [1.54, 1.807) is 6.08 Å². The molecule has 0 nitrogen and oxygen atoms in total. The molecule has 0 aliphatic carbocycles. The molecule has 0 radical (unpaired) electrons. The molecule has 0 spiro atoms. The molecule has 9 aromatic rings. The third-order valence-electron chi connectivity index (χ3n) is 10.6. The predicted molar refractivity (Wildman–Crippen MR) is 235 cm³/mol. The molecule has 0 saturated heterocycles. The van der Waals surface area contributed by atoms with Crippen LogP contribution in [0.4, 0.5) is 0 Å². The summed E-state index contributed by atoms with van der Waals surface area (Å²) in [5.74, 6) is 0. The van der Waals surface area contributed by atoms with Crippen molar-refractivity contribution < 1.29 is 0 Å². The molecule has 0 aliphatic heterocycles. The molecule has 0 fully saturated rings. The minimum Gasteiger partial charge on any atom is -0.0991 e. The van der Waals surface area contributed by atoms with Crippen LogP contribution >= 0.6 is 0 Å². The minimum atomic E-state index is 0.960. The Kier molecular flexibility index (Phi) is 8.63. The quantitative estimate of drug-likeness (QED) is 0.110.